The molecule has 0 unspecified atom stereocenters. The molecule has 1 aliphatic carbocycles. The van der Waals surface area contributed by atoms with E-state index in [9.17, 15) is 22.4 Å². The molecular formula is C17H16Cl2F4O3. The summed E-state index contributed by atoms with van der Waals surface area (Å²) in [4.78, 5) is 12.2. The monoisotopic (exact) mass is 414 g/mol. The lowest BCUT2D eigenvalue weighted by molar-refractivity contribution is -0.147. The van der Waals surface area contributed by atoms with Crippen molar-refractivity contribution in [3.05, 3.63) is 45.0 Å². The van der Waals surface area contributed by atoms with Gasteiger partial charge in [0.1, 0.15) is 11.1 Å². The van der Waals surface area contributed by atoms with Crippen LogP contribution in [0.15, 0.2) is 10.6 Å². The van der Waals surface area contributed by atoms with Crippen molar-refractivity contribution in [2.75, 3.05) is 7.11 Å². The van der Waals surface area contributed by atoms with E-state index in [-0.39, 0.29) is 10.4 Å². The normalized spacial score (nSPS) is 20.7. The Morgan fingerprint density at radius 2 is 1.50 bits per heavy atom. The third-order valence-electron chi connectivity index (χ3n) is 4.56. The smallest absolute Gasteiger partial charge is 0.310 e. The Balaban J connectivity index is 2.18. The highest BCUT2D eigenvalue weighted by Gasteiger charge is 2.61. The lowest BCUT2D eigenvalue weighted by atomic mass is 10.1. The minimum atomic E-state index is -1.63. The van der Waals surface area contributed by atoms with Crippen molar-refractivity contribution < 1.29 is 31.8 Å². The van der Waals surface area contributed by atoms with Gasteiger partial charge in [-0.25, -0.2) is 17.6 Å². The van der Waals surface area contributed by atoms with E-state index in [1.165, 1.54) is 6.08 Å². The van der Waals surface area contributed by atoms with Crippen LogP contribution in [0.4, 0.5) is 17.6 Å². The summed E-state index contributed by atoms with van der Waals surface area (Å²) >= 11 is 11.2. The van der Waals surface area contributed by atoms with Crippen molar-refractivity contribution in [2.24, 2.45) is 17.3 Å². The first-order chi connectivity index (χ1) is 12.0. The largest absolute Gasteiger partial charge is 0.460 e. The first-order valence-corrected chi connectivity index (χ1v) is 8.31. The number of hydrogen-bond donors (Lipinski definition) is 0. The molecule has 26 heavy (non-hydrogen) atoms. The van der Waals surface area contributed by atoms with Crippen molar-refractivity contribution in [2.45, 2.75) is 27.1 Å². The van der Waals surface area contributed by atoms with Crippen LogP contribution in [0.3, 0.4) is 0 Å². The summed E-state index contributed by atoms with van der Waals surface area (Å²) in [5, 5.41) is 0. The molecule has 2 rings (SSSR count). The lowest BCUT2D eigenvalue weighted by Crippen LogP contribution is -2.15. The van der Waals surface area contributed by atoms with E-state index in [1.54, 1.807) is 13.8 Å². The molecule has 1 aromatic carbocycles. The molecule has 0 spiro atoms. The highest BCUT2D eigenvalue weighted by atomic mass is 35.5. The molecule has 0 bridgehead atoms. The summed E-state index contributed by atoms with van der Waals surface area (Å²) in [5.41, 5.74) is -2.39. The zero-order chi connectivity index (χ0) is 19.8. The lowest BCUT2D eigenvalue weighted by Gasteiger charge is -2.12. The van der Waals surface area contributed by atoms with Crippen LogP contribution >= 0.6 is 23.2 Å². The van der Waals surface area contributed by atoms with E-state index in [4.69, 9.17) is 27.9 Å². The van der Waals surface area contributed by atoms with E-state index in [2.05, 4.69) is 4.74 Å². The van der Waals surface area contributed by atoms with E-state index in [0.29, 0.717) is 0 Å². The van der Waals surface area contributed by atoms with Gasteiger partial charge < -0.3 is 9.47 Å². The standard InChI is InChI=1S/C17H16Cl2F4O3/c1-17(2)9(4-10(18)19)11(17)16(24)26-6-8-14(22)12(20)7(5-25-3)13(21)15(8)23/h4,9,11H,5-6H2,1-3H3/t9-,11+/m0/s1. The average Bonchev–Trinajstić information content (AvgIpc) is 3.09. The Morgan fingerprint density at radius 3 is 1.92 bits per heavy atom. The average molecular weight is 415 g/mol. The molecule has 3 nitrogen and oxygen atoms in total. The van der Waals surface area contributed by atoms with Crippen molar-refractivity contribution in [1.29, 1.82) is 0 Å². The fraction of sp³-hybridized carbons (Fsp3) is 0.471. The van der Waals surface area contributed by atoms with Gasteiger partial charge in [-0.15, -0.1) is 0 Å². The molecule has 144 valence electrons. The van der Waals surface area contributed by atoms with Crippen LogP contribution < -0.4 is 0 Å². The van der Waals surface area contributed by atoms with Crippen molar-refractivity contribution >= 4 is 29.2 Å². The van der Waals surface area contributed by atoms with Crippen molar-refractivity contribution in [1.82, 2.24) is 0 Å². The Hall–Kier alpha value is -1.31. The van der Waals surface area contributed by atoms with E-state index >= 15 is 0 Å². The second-order valence-electron chi connectivity index (χ2n) is 6.53. The highest BCUT2D eigenvalue weighted by molar-refractivity contribution is 6.55. The quantitative estimate of drug-likeness (QED) is 0.372. The maximum absolute atomic E-state index is 14.0. The van der Waals surface area contributed by atoms with Crippen molar-refractivity contribution in [3.8, 4) is 0 Å². The Labute approximate surface area is 157 Å². The Bertz CT molecular complexity index is 732. The molecule has 2 atom stereocenters. The van der Waals surface area contributed by atoms with Gasteiger partial charge >= 0.3 is 5.97 Å². The van der Waals surface area contributed by atoms with Crippen molar-refractivity contribution in [3.63, 3.8) is 0 Å². The molecule has 1 fully saturated rings. The molecule has 0 amide bonds. The van der Waals surface area contributed by atoms with Crippen LogP contribution in [-0.4, -0.2) is 13.1 Å². The predicted octanol–water partition coefficient (Wildman–Crippen LogP) is 5.02. The van der Waals surface area contributed by atoms with E-state index < -0.39 is 64.9 Å². The number of allylic oxidation sites excluding steroid dienone is 1. The number of hydrogen-bond acceptors (Lipinski definition) is 3. The van der Waals surface area contributed by atoms with Crippen LogP contribution in [0.25, 0.3) is 0 Å². The summed E-state index contributed by atoms with van der Waals surface area (Å²) in [6.07, 6.45) is 1.47. The first kappa shape index (κ1) is 21.0. The number of methoxy groups -OCH3 is 1. The van der Waals surface area contributed by atoms with E-state index in [0.717, 1.165) is 7.11 Å². The molecule has 1 saturated carbocycles. The zero-order valence-electron chi connectivity index (χ0n) is 14.1. The summed E-state index contributed by atoms with van der Waals surface area (Å²) in [5.74, 6) is -8.14. The van der Waals surface area contributed by atoms with Crippen LogP contribution in [0.1, 0.15) is 25.0 Å². The number of esters is 1. The maximum atomic E-state index is 14.0. The molecule has 0 heterocycles. The number of benzene rings is 1. The van der Waals surface area contributed by atoms with Gasteiger partial charge in [-0.3, -0.25) is 4.79 Å². The summed E-state index contributed by atoms with van der Waals surface area (Å²) < 4.78 is 65.2. The number of carbonyl (C=O) groups is 1. The SMILES string of the molecule is COCc1c(F)c(F)c(COC(=O)[C@H]2[C@H](C=C(Cl)Cl)C2(C)C)c(F)c1F. The third kappa shape index (κ3) is 3.85. The van der Waals surface area contributed by atoms with Crippen LogP contribution in [0, 0.1) is 40.5 Å². The highest BCUT2D eigenvalue weighted by Crippen LogP contribution is 2.60. The third-order valence-corrected chi connectivity index (χ3v) is 4.81. The summed E-state index contributed by atoms with van der Waals surface area (Å²) in [7, 11) is 1.12. The molecule has 0 N–H and O–H groups in total. The predicted molar refractivity (Wildman–Crippen MR) is 87.3 cm³/mol. The fourth-order valence-electron chi connectivity index (χ4n) is 2.93. The number of carbonyl (C=O) groups excluding carboxylic acids is 1. The fourth-order valence-corrected chi connectivity index (χ4v) is 3.20. The molecular weight excluding hydrogens is 399 g/mol. The summed E-state index contributed by atoms with van der Waals surface area (Å²) in [6.45, 7) is 1.93. The van der Waals surface area contributed by atoms with Crippen LogP contribution in [0.2, 0.25) is 0 Å². The first-order valence-electron chi connectivity index (χ1n) is 7.56. The zero-order valence-corrected chi connectivity index (χ0v) is 15.7. The molecule has 0 aliphatic heterocycles. The number of ether oxygens (including phenoxy) is 2. The number of rotatable bonds is 6. The summed E-state index contributed by atoms with van der Waals surface area (Å²) in [6, 6.07) is 0. The van der Waals surface area contributed by atoms with Gasteiger partial charge in [0, 0.05) is 7.11 Å². The van der Waals surface area contributed by atoms with Crippen LogP contribution in [0.5, 0.6) is 0 Å². The van der Waals surface area contributed by atoms with Crippen LogP contribution in [-0.2, 0) is 27.5 Å². The van der Waals surface area contributed by atoms with Gasteiger partial charge in [0.05, 0.1) is 23.7 Å². The second kappa shape index (κ2) is 7.74. The topological polar surface area (TPSA) is 35.5 Å². The van der Waals surface area contributed by atoms with Gasteiger partial charge in [-0.1, -0.05) is 37.0 Å². The van der Waals surface area contributed by atoms with Gasteiger partial charge in [0.15, 0.2) is 23.3 Å². The van der Waals surface area contributed by atoms with E-state index in [1.807, 2.05) is 0 Å². The Morgan fingerprint density at radius 1 is 1.04 bits per heavy atom. The minimum absolute atomic E-state index is 0.0201. The Kier molecular flexibility index (Phi) is 6.25. The van der Waals surface area contributed by atoms with Gasteiger partial charge in [-0.2, -0.15) is 0 Å². The molecule has 0 radical (unpaired) electrons. The maximum Gasteiger partial charge on any atom is 0.310 e. The molecule has 1 aromatic rings. The molecule has 1 aliphatic rings. The molecule has 9 heteroatoms. The van der Waals surface area contributed by atoms with Gasteiger partial charge in [0.25, 0.3) is 0 Å². The van der Waals surface area contributed by atoms with Gasteiger partial charge in [-0.05, 0) is 17.4 Å². The number of halogens is 6. The molecule has 0 saturated heterocycles. The minimum Gasteiger partial charge on any atom is -0.460 e. The second-order valence-corrected chi connectivity index (χ2v) is 7.54. The molecule has 0 aromatic heterocycles. The van der Waals surface area contributed by atoms with Gasteiger partial charge in [0.2, 0.25) is 0 Å².